The summed E-state index contributed by atoms with van der Waals surface area (Å²) in [4.78, 5) is 12.9. The molecule has 8 heteroatoms. The zero-order chi connectivity index (χ0) is 24.6. The normalized spacial score (nSPS) is 13.7. The minimum absolute atomic E-state index is 0.0480. The number of nitrogens with one attached hydrogen (secondary N) is 2. The molecule has 1 fully saturated rings. The van der Waals surface area contributed by atoms with Gasteiger partial charge in [0, 0.05) is 29.6 Å². The van der Waals surface area contributed by atoms with Crippen LogP contribution in [-0.2, 0) is 10.0 Å². The number of amides is 1. The van der Waals surface area contributed by atoms with Crippen LogP contribution in [0.25, 0.3) is 33.4 Å². The van der Waals surface area contributed by atoms with Gasteiger partial charge in [-0.1, -0.05) is 43.2 Å². The standard InChI is InChI=1S/C27H25FN2O4S/c1-29-27(31)25-22-15-21(18-5-3-2-4-6-18)23(30-35(32,33)14-13-17-7-8-17)16-24(22)34-26(25)19-9-11-20(28)12-10-19/h2-6,9-12,15-17,30H,7-8,13-14H2,1H3,(H,29,31). The summed E-state index contributed by atoms with van der Waals surface area (Å²) >= 11 is 0. The summed E-state index contributed by atoms with van der Waals surface area (Å²) < 4.78 is 48.1. The van der Waals surface area contributed by atoms with Crippen molar-refractivity contribution in [2.24, 2.45) is 5.92 Å². The molecule has 0 aliphatic heterocycles. The quantitative estimate of drug-likeness (QED) is 0.325. The first-order valence-corrected chi connectivity index (χ1v) is 13.1. The van der Waals surface area contributed by atoms with E-state index >= 15 is 0 Å². The first kappa shape index (κ1) is 23.1. The van der Waals surface area contributed by atoms with Gasteiger partial charge in [0.2, 0.25) is 10.0 Å². The van der Waals surface area contributed by atoms with Crippen molar-refractivity contribution in [3.63, 3.8) is 0 Å². The van der Waals surface area contributed by atoms with E-state index in [4.69, 9.17) is 4.42 Å². The third-order valence-corrected chi connectivity index (χ3v) is 7.53. The lowest BCUT2D eigenvalue weighted by molar-refractivity contribution is 0.0964. The number of fused-ring (bicyclic) bond motifs is 1. The van der Waals surface area contributed by atoms with Crippen molar-refractivity contribution in [1.82, 2.24) is 5.32 Å². The molecule has 1 amide bonds. The van der Waals surface area contributed by atoms with E-state index in [2.05, 4.69) is 10.0 Å². The lowest BCUT2D eigenvalue weighted by Gasteiger charge is -2.13. The van der Waals surface area contributed by atoms with E-state index in [1.807, 2.05) is 30.3 Å². The van der Waals surface area contributed by atoms with E-state index in [1.165, 1.54) is 19.2 Å². The fourth-order valence-electron chi connectivity index (χ4n) is 4.19. The van der Waals surface area contributed by atoms with Gasteiger partial charge in [-0.3, -0.25) is 9.52 Å². The Morgan fingerprint density at radius 2 is 1.74 bits per heavy atom. The molecule has 5 rings (SSSR count). The Hall–Kier alpha value is -3.65. The summed E-state index contributed by atoms with van der Waals surface area (Å²) in [6, 6.07) is 18.4. The van der Waals surface area contributed by atoms with Crippen LogP contribution in [0, 0.1) is 11.7 Å². The number of sulfonamides is 1. The summed E-state index contributed by atoms with van der Waals surface area (Å²) in [5, 5.41) is 3.17. The summed E-state index contributed by atoms with van der Waals surface area (Å²) in [5.41, 5.74) is 2.99. The van der Waals surface area contributed by atoms with E-state index in [0.29, 0.717) is 45.7 Å². The topological polar surface area (TPSA) is 88.4 Å². The van der Waals surface area contributed by atoms with Gasteiger partial charge >= 0.3 is 0 Å². The van der Waals surface area contributed by atoms with Crippen molar-refractivity contribution in [3.8, 4) is 22.5 Å². The lowest BCUT2D eigenvalue weighted by atomic mass is 9.99. The molecule has 6 nitrogen and oxygen atoms in total. The Bertz CT molecular complexity index is 1490. The number of carbonyl (C=O) groups excluding carboxylic acids is 1. The molecule has 1 aliphatic rings. The molecule has 1 heterocycles. The van der Waals surface area contributed by atoms with Crippen LogP contribution in [0.3, 0.4) is 0 Å². The second-order valence-electron chi connectivity index (χ2n) is 8.81. The highest BCUT2D eigenvalue weighted by atomic mass is 32.2. The van der Waals surface area contributed by atoms with Crippen LogP contribution in [-0.4, -0.2) is 27.1 Å². The molecule has 35 heavy (non-hydrogen) atoms. The number of anilines is 1. The van der Waals surface area contributed by atoms with Crippen molar-refractivity contribution in [2.45, 2.75) is 19.3 Å². The highest BCUT2D eigenvalue weighted by Crippen LogP contribution is 2.40. The fraction of sp³-hybridized carbons (Fsp3) is 0.222. The second-order valence-corrected chi connectivity index (χ2v) is 10.6. The van der Waals surface area contributed by atoms with Crippen LogP contribution in [0.4, 0.5) is 10.1 Å². The second kappa shape index (κ2) is 9.19. The maximum absolute atomic E-state index is 13.5. The smallest absolute Gasteiger partial charge is 0.255 e. The molecule has 0 radical (unpaired) electrons. The van der Waals surface area contributed by atoms with Crippen LogP contribution < -0.4 is 10.0 Å². The highest BCUT2D eigenvalue weighted by Gasteiger charge is 2.26. The monoisotopic (exact) mass is 492 g/mol. The number of furan rings is 1. The number of hydrogen-bond donors (Lipinski definition) is 2. The van der Waals surface area contributed by atoms with Gasteiger partial charge in [-0.25, -0.2) is 12.8 Å². The molecular weight excluding hydrogens is 467 g/mol. The van der Waals surface area contributed by atoms with E-state index in [9.17, 15) is 17.6 Å². The number of halogens is 1. The zero-order valence-corrected chi connectivity index (χ0v) is 20.0. The first-order valence-electron chi connectivity index (χ1n) is 11.5. The van der Waals surface area contributed by atoms with Gasteiger partial charge in [0.15, 0.2) is 0 Å². The van der Waals surface area contributed by atoms with Gasteiger partial charge in [0.25, 0.3) is 5.91 Å². The Kier molecular flexibility index (Phi) is 6.06. The van der Waals surface area contributed by atoms with Crippen LogP contribution in [0.1, 0.15) is 29.6 Å². The average molecular weight is 493 g/mol. The predicted octanol–water partition coefficient (Wildman–Crippen LogP) is 5.81. The number of benzene rings is 3. The number of carbonyl (C=O) groups is 1. The van der Waals surface area contributed by atoms with Gasteiger partial charge < -0.3 is 9.73 Å². The van der Waals surface area contributed by atoms with Crippen molar-refractivity contribution in [1.29, 1.82) is 0 Å². The van der Waals surface area contributed by atoms with Crippen LogP contribution in [0.5, 0.6) is 0 Å². The molecule has 0 bridgehead atoms. The van der Waals surface area contributed by atoms with E-state index in [0.717, 1.165) is 18.4 Å². The zero-order valence-electron chi connectivity index (χ0n) is 19.2. The molecule has 1 aromatic heterocycles. The molecule has 0 spiro atoms. The Morgan fingerprint density at radius 3 is 2.40 bits per heavy atom. The third-order valence-electron chi connectivity index (χ3n) is 6.23. The molecule has 4 aromatic rings. The average Bonchev–Trinajstić information content (AvgIpc) is 3.62. The van der Waals surface area contributed by atoms with Crippen molar-refractivity contribution >= 4 is 32.6 Å². The first-order chi connectivity index (χ1) is 16.8. The van der Waals surface area contributed by atoms with Gasteiger partial charge in [-0.05, 0) is 48.2 Å². The van der Waals surface area contributed by atoms with Crippen molar-refractivity contribution in [2.75, 3.05) is 17.5 Å². The molecule has 0 unspecified atom stereocenters. The van der Waals surface area contributed by atoms with Gasteiger partial charge in [-0.2, -0.15) is 0 Å². The van der Waals surface area contributed by atoms with Crippen LogP contribution in [0.2, 0.25) is 0 Å². The summed E-state index contributed by atoms with van der Waals surface area (Å²) in [6.45, 7) is 0. The molecule has 2 N–H and O–H groups in total. The fourth-order valence-corrected chi connectivity index (χ4v) is 5.44. The minimum Gasteiger partial charge on any atom is -0.455 e. The van der Waals surface area contributed by atoms with Gasteiger partial charge in [0.1, 0.15) is 17.2 Å². The lowest BCUT2D eigenvalue weighted by Crippen LogP contribution is -2.18. The molecule has 0 saturated heterocycles. The van der Waals surface area contributed by atoms with Crippen molar-refractivity contribution in [3.05, 3.63) is 78.1 Å². The van der Waals surface area contributed by atoms with E-state index in [-0.39, 0.29) is 17.4 Å². The Morgan fingerprint density at radius 1 is 1.03 bits per heavy atom. The molecule has 0 atom stereocenters. The van der Waals surface area contributed by atoms with Crippen LogP contribution >= 0.6 is 0 Å². The molecule has 1 aliphatic carbocycles. The highest BCUT2D eigenvalue weighted by molar-refractivity contribution is 7.92. The number of rotatable bonds is 8. The largest absolute Gasteiger partial charge is 0.455 e. The predicted molar refractivity (Wildman–Crippen MR) is 135 cm³/mol. The molecule has 1 saturated carbocycles. The van der Waals surface area contributed by atoms with Gasteiger partial charge in [0.05, 0.1) is 17.0 Å². The third kappa shape index (κ3) is 4.93. The minimum atomic E-state index is -3.58. The molecular formula is C27H25FN2O4S. The maximum atomic E-state index is 13.5. The summed E-state index contributed by atoms with van der Waals surface area (Å²) in [7, 11) is -2.06. The Balaban J connectivity index is 1.68. The van der Waals surface area contributed by atoms with Crippen LogP contribution in [0.15, 0.2) is 71.1 Å². The number of hydrogen-bond acceptors (Lipinski definition) is 4. The van der Waals surface area contributed by atoms with Gasteiger partial charge in [-0.15, -0.1) is 0 Å². The van der Waals surface area contributed by atoms with E-state index < -0.39 is 15.8 Å². The maximum Gasteiger partial charge on any atom is 0.255 e. The summed E-state index contributed by atoms with van der Waals surface area (Å²) in [6.07, 6.45) is 2.80. The molecule has 3 aromatic carbocycles. The van der Waals surface area contributed by atoms with E-state index in [1.54, 1.807) is 24.3 Å². The Labute approximate surface area is 203 Å². The summed E-state index contributed by atoms with van der Waals surface area (Å²) in [5.74, 6) is 0.0560. The van der Waals surface area contributed by atoms with Crippen molar-refractivity contribution < 1.29 is 22.0 Å². The SMILES string of the molecule is CNC(=O)c1c(-c2ccc(F)cc2)oc2cc(NS(=O)(=O)CCC3CC3)c(-c3ccccc3)cc12. The molecule has 180 valence electrons.